The molecular formula is C5H7F3N2O2S. The molecule has 0 aromatic carbocycles. The molecular weight excluding hydrogens is 209 g/mol. The lowest BCUT2D eigenvalue weighted by molar-refractivity contribution is -0.174. The normalized spacial score (nSPS) is 10.8. The third-order valence-corrected chi connectivity index (χ3v) is 1.46. The van der Waals surface area contributed by atoms with Gasteiger partial charge in [-0.1, -0.05) is 18.7 Å². The first kappa shape index (κ1) is 12.1. The van der Waals surface area contributed by atoms with Crippen LogP contribution in [0.5, 0.6) is 0 Å². The van der Waals surface area contributed by atoms with E-state index in [1.54, 1.807) is 12.3 Å². The SMILES string of the molecule is CCSC(=O)NNC(=O)C(F)(F)F. The van der Waals surface area contributed by atoms with E-state index < -0.39 is 17.3 Å². The molecule has 2 amide bonds. The number of thioether (sulfide) groups is 1. The maximum absolute atomic E-state index is 11.5. The van der Waals surface area contributed by atoms with Gasteiger partial charge in [-0.2, -0.15) is 13.2 Å². The van der Waals surface area contributed by atoms with Crippen molar-refractivity contribution in [3.05, 3.63) is 0 Å². The van der Waals surface area contributed by atoms with Crippen molar-refractivity contribution in [3.8, 4) is 0 Å². The Bertz CT molecular complexity index is 206. The Balaban J connectivity index is 3.77. The number of alkyl halides is 3. The summed E-state index contributed by atoms with van der Waals surface area (Å²) in [5.74, 6) is -1.79. The Hall–Kier alpha value is -0.920. The monoisotopic (exact) mass is 216 g/mol. The number of hydrogen-bond donors (Lipinski definition) is 2. The smallest absolute Gasteiger partial charge is 0.263 e. The minimum Gasteiger partial charge on any atom is -0.263 e. The highest BCUT2D eigenvalue weighted by Gasteiger charge is 2.38. The second-order valence-electron chi connectivity index (χ2n) is 1.80. The molecule has 13 heavy (non-hydrogen) atoms. The van der Waals surface area contributed by atoms with Gasteiger partial charge in [-0.15, -0.1) is 0 Å². The zero-order valence-corrected chi connectivity index (χ0v) is 7.38. The summed E-state index contributed by atoms with van der Waals surface area (Å²) in [6.45, 7) is 1.65. The number of carbonyl (C=O) groups is 2. The van der Waals surface area contributed by atoms with Crippen molar-refractivity contribution in [1.29, 1.82) is 0 Å². The van der Waals surface area contributed by atoms with Crippen LogP contribution < -0.4 is 10.9 Å². The molecule has 0 radical (unpaired) electrons. The average Bonchev–Trinajstić information content (AvgIpc) is 1.99. The second kappa shape index (κ2) is 4.95. The fourth-order valence-corrected chi connectivity index (χ4v) is 0.731. The van der Waals surface area contributed by atoms with Crippen molar-refractivity contribution in [3.63, 3.8) is 0 Å². The van der Waals surface area contributed by atoms with Gasteiger partial charge in [0.1, 0.15) is 0 Å². The van der Waals surface area contributed by atoms with E-state index in [4.69, 9.17) is 0 Å². The Morgan fingerprint density at radius 1 is 1.31 bits per heavy atom. The molecule has 0 aliphatic rings. The summed E-state index contributed by atoms with van der Waals surface area (Å²) in [4.78, 5) is 20.7. The highest BCUT2D eigenvalue weighted by molar-refractivity contribution is 8.13. The summed E-state index contributed by atoms with van der Waals surface area (Å²) < 4.78 is 34.5. The summed E-state index contributed by atoms with van der Waals surface area (Å²) >= 11 is 0.752. The summed E-state index contributed by atoms with van der Waals surface area (Å²) in [6.07, 6.45) is -4.98. The predicted octanol–water partition coefficient (Wildman–Crippen LogP) is 1.04. The molecule has 0 aromatic rings. The van der Waals surface area contributed by atoms with Crippen LogP contribution in [0.1, 0.15) is 6.92 Å². The molecule has 0 bridgehead atoms. The number of nitrogens with one attached hydrogen (secondary N) is 2. The molecule has 0 fully saturated rings. The van der Waals surface area contributed by atoms with Crippen LogP contribution in [-0.4, -0.2) is 23.1 Å². The van der Waals surface area contributed by atoms with E-state index in [9.17, 15) is 22.8 Å². The lowest BCUT2D eigenvalue weighted by atomic mass is 10.6. The predicted molar refractivity (Wildman–Crippen MR) is 40.9 cm³/mol. The van der Waals surface area contributed by atoms with Gasteiger partial charge in [-0.3, -0.25) is 20.4 Å². The van der Waals surface area contributed by atoms with Crippen molar-refractivity contribution < 1.29 is 22.8 Å². The van der Waals surface area contributed by atoms with Crippen molar-refractivity contribution >= 4 is 22.9 Å². The molecule has 0 aliphatic heterocycles. The van der Waals surface area contributed by atoms with Crippen LogP contribution in [0.3, 0.4) is 0 Å². The van der Waals surface area contributed by atoms with Gasteiger partial charge in [0, 0.05) is 0 Å². The Morgan fingerprint density at radius 2 is 1.85 bits per heavy atom. The zero-order valence-electron chi connectivity index (χ0n) is 6.57. The summed E-state index contributed by atoms with van der Waals surface area (Å²) in [7, 11) is 0. The van der Waals surface area contributed by atoms with Crippen LogP contribution in [0.4, 0.5) is 18.0 Å². The maximum Gasteiger partial charge on any atom is 0.472 e. The quantitative estimate of drug-likeness (QED) is 0.644. The largest absolute Gasteiger partial charge is 0.472 e. The van der Waals surface area contributed by atoms with Crippen molar-refractivity contribution in [2.24, 2.45) is 0 Å². The van der Waals surface area contributed by atoms with Gasteiger partial charge in [0.25, 0.3) is 5.24 Å². The second-order valence-corrected chi connectivity index (χ2v) is 3.03. The van der Waals surface area contributed by atoms with Crippen molar-refractivity contribution in [2.45, 2.75) is 13.1 Å². The third-order valence-electron chi connectivity index (χ3n) is 0.811. The van der Waals surface area contributed by atoms with Crippen LogP contribution >= 0.6 is 11.8 Å². The topological polar surface area (TPSA) is 58.2 Å². The van der Waals surface area contributed by atoms with Gasteiger partial charge in [0.05, 0.1) is 0 Å². The molecule has 8 heteroatoms. The van der Waals surface area contributed by atoms with Gasteiger partial charge in [-0.05, 0) is 5.75 Å². The number of hydrazine groups is 1. The molecule has 0 aliphatic carbocycles. The van der Waals surface area contributed by atoms with E-state index in [-0.39, 0.29) is 0 Å². The van der Waals surface area contributed by atoms with Gasteiger partial charge in [-0.25, -0.2) is 0 Å². The molecule has 0 atom stereocenters. The highest BCUT2D eigenvalue weighted by atomic mass is 32.2. The fraction of sp³-hybridized carbons (Fsp3) is 0.600. The van der Waals surface area contributed by atoms with Crippen LogP contribution in [0.15, 0.2) is 0 Å². The first-order chi connectivity index (χ1) is 5.88. The Labute approximate surface area is 76.2 Å². The number of amides is 2. The maximum atomic E-state index is 11.5. The molecule has 0 rings (SSSR count). The van der Waals surface area contributed by atoms with Crippen LogP contribution in [0.2, 0.25) is 0 Å². The molecule has 76 valence electrons. The molecule has 0 heterocycles. The van der Waals surface area contributed by atoms with Crippen molar-refractivity contribution in [2.75, 3.05) is 5.75 Å². The van der Waals surface area contributed by atoms with E-state index in [0.29, 0.717) is 5.75 Å². The summed E-state index contributed by atoms with van der Waals surface area (Å²) in [5.41, 5.74) is 2.82. The molecule has 0 saturated heterocycles. The number of rotatable bonds is 1. The molecule has 0 aromatic heterocycles. The Morgan fingerprint density at radius 3 is 2.23 bits per heavy atom. The molecule has 2 N–H and O–H groups in total. The first-order valence-electron chi connectivity index (χ1n) is 3.18. The van der Waals surface area contributed by atoms with Crippen LogP contribution in [0.25, 0.3) is 0 Å². The molecule has 0 spiro atoms. The van der Waals surface area contributed by atoms with E-state index in [1.807, 2.05) is 0 Å². The standard InChI is InChI=1S/C5H7F3N2O2S/c1-2-13-4(12)10-9-3(11)5(6,7)8/h2H2,1H3,(H,9,11)(H,10,12). The third kappa shape index (κ3) is 5.34. The highest BCUT2D eigenvalue weighted by Crippen LogP contribution is 2.13. The van der Waals surface area contributed by atoms with Gasteiger partial charge in [0.15, 0.2) is 0 Å². The van der Waals surface area contributed by atoms with E-state index in [1.165, 1.54) is 5.43 Å². The molecule has 0 saturated carbocycles. The summed E-state index contributed by atoms with van der Waals surface area (Å²) in [5, 5.41) is -0.736. The Kier molecular flexibility index (Phi) is 4.60. The number of carbonyl (C=O) groups excluding carboxylic acids is 2. The molecule has 4 nitrogen and oxygen atoms in total. The van der Waals surface area contributed by atoms with E-state index >= 15 is 0 Å². The number of halogens is 3. The molecule has 0 unspecified atom stereocenters. The minimum atomic E-state index is -4.98. The van der Waals surface area contributed by atoms with Gasteiger partial charge in [0.2, 0.25) is 0 Å². The fourth-order valence-electron chi connectivity index (χ4n) is 0.346. The lowest BCUT2D eigenvalue weighted by Crippen LogP contribution is -2.46. The summed E-state index contributed by atoms with van der Waals surface area (Å²) in [6, 6.07) is 0. The lowest BCUT2D eigenvalue weighted by Gasteiger charge is -2.07. The zero-order chi connectivity index (χ0) is 10.5. The van der Waals surface area contributed by atoms with E-state index in [2.05, 4.69) is 0 Å². The average molecular weight is 216 g/mol. The van der Waals surface area contributed by atoms with Crippen LogP contribution in [-0.2, 0) is 4.79 Å². The van der Waals surface area contributed by atoms with Gasteiger partial charge < -0.3 is 0 Å². The van der Waals surface area contributed by atoms with Crippen molar-refractivity contribution in [1.82, 2.24) is 10.9 Å². The number of hydrogen-bond acceptors (Lipinski definition) is 3. The van der Waals surface area contributed by atoms with Crippen LogP contribution in [0, 0.1) is 0 Å². The van der Waals surface area contributed by atoms with Gasteiger partial charge >= 0.3 is 12.1 Å². The minimum absolute atomic E-state index is 0.410. The first-order valence-corrected chi connectivity index (χ1v) is 4.16. The van der Waals surface area contributed by atoms with E-state index in [0.717, 1.165) is 11.8 Å².